The number of ether oxygens (including phenoxy) is 1. The largest absolute Gasteiger partial charge is 0.492 e. The minimum Gasteiger partial charge on any atom is -0.492 e. The lowest BCUT2D eigenvalue weighted by atomic mass is 10.2. The minimum absolute atomic E-state index is 0.0385. The summed E-state index contributed by atoms with van der Waals surface area (Å²) in [5.74, 6) is 0.431. The number of rotatable bonds is 7. The van der Waals surface area contributed by atoms with Crippen LogP contribution in [0.15, 0.2) is 24.3 Å². The van der Waals surface area contributed by atoms with Crippen molar-refractivity contribution in [2.24, 2.45) is 0 Å². The average Bonchev–Trinajstić information content (AvgIpc) is 2.37. The number of aliphatic hydroxyl groups excluding tert-OH is 1. The van der Waals surface area contributed by atoms with Gasteiger partial charge in [0.2, 0.25) is 0 Å². The molecule has 1 aromatic carbocycles. The smallest absolute Gasteiger partial charge is 0.401 e. The van der Waals surface area contributed by atoms with E-state index in [1.54, 1.807) is 18.2 Å². The molecular formula is C13H15F3N2O2. The van der Waals surface area contributed by atoms with Crippen molar-refractivity contribution in [1.29, 1.82) is 5.26 Å². The second-order valence-corrected chi connectivity index (χ2v) is 4.10. The van der Waals surface area contributed by atoms with Crippen LogP contribution in [0.3, 0.4) is 0 Å². The summed E-state index contributed by atoms with van der Waals surface area (Å²) < 4.78 is 42.1. The van der Waals surface area contributed by atoms with Gasteiger partial charge >= 0.3 is 6.18 Å². The first-order valence-electron chi connectivity index (χ1n) is 5.97. The van der Waals surface area contributed by atoms with Crippen molar-refractivity contribution in [3.05, 3.63) is 29.8 Å². The number of benzene rings is 1. The van der Waals surface area contributed by atoms with Gasteiger partial charge in [-0.15, -0.1) is 0 Å². The number of hydrogen-bond acceptors (Lipinski definition) is 4. The van der Waals surface area contributed by atoms with Crippen molar-refractivity contribution in [2.75, 3.05) is 32.8 Å². The summed E-state index contributed by atoms with van der Waals surface area (Å²) in [7, 11) is 0. The molecule has 0 bridgehead atoms. The Morgan fingerprint density at radius 2 is 2.05 bits per heavy atom. The van der Waals surface area contributed by atoms with Gasteiger partial charge < -0.3 is 9.84 Å². The van der Waals surface area contributed by atoms with Crippen molar-refractivity contribution in [3.8, 4) is 11.8 Å². The highest BCUT2D eigenvalue weighted by molar-refractivity contribution is 5.36. The molecule has 110 valence electrons. The van der Waals surface area contributed by atoms with Gasteiger partial charge in [-0.1, -0.05) is 6.07 Å². The van der Waals surface area contributed by atoms with Gasteiger partial charge in [0.05, 0.1) is 24.8 Å². The maximum atomic E-state index is 12.3. The number of aliphatic hydroxyl groups is 1. The van der Waals surface area contributed by atoms with E-state index in [1.807, 2.05) is 6.07 Å². The normalized spacial score (nSPS) is 11.4. The first-order chi connectivity index (χ1) is 9.44. The van der Waals surface area contributed by atoms with Gasteiger partial charge in [0, 0.05) is 13.1 Å². The number of nitriles is 1. The summed E-state index contributed by atoms with van der Waals surface area (Å²) in [5, 5.41) is 17.4. The molecule has 0 aliphatic heterocycles. The van der Waals surface area contributed by atoms with Crippen LogP contribution in [0.2, 0.25) is 0 Å². The second kappa shape index (κ2) is 7.72. The van der Waals surface area contributed by atoms with Crippen LogP contribution in [0.5, 0.6) is 5.75 Å². The van der Waals surface area contributed by atoms with Crippen LogP contribution in [-0.4, -0.2) is 49.0 Å². The summed E-state index contributed by atoms with van der Waals surface area (Å²) in [6, 6.07) is 8.33. The first-order valence-corrected chi connectivity index (χ1v) is 5.97. The molecule has 1 aromatic rings. The van der Waals surface area contributed by atoms with E-state index in [2.05, 4.69) is 0 Å². The lowest BCUT2D eigenvalue weighted by Crippen LogP contribution is -2.38. The Balaban J connectivity index is 2.45. The number of nitrogens with zero attached hydrogens (tertiary/aromatic N) is 2. The third kappa shape index (κ3) is 6.41. The molecule has 1 rings (SSSR count). The van der Waals surface area contributed by atoms with E-state index >= 15 is 0 Å². The molecule has 0 aliphatic rings. The zero-order valence-electron chi connectivity index (χ0n) is 10.7. The fraction of sp³-hybridized carbons (Fsp3) is 0.462. The predicted octanol–water partition coefficient (Wildman–Crippen LogP) is 1.79. The summed E-state index contributed by atoms with van der Waals surface area (Å²) in [6.45, 7) is -1.42. The van der Waals surface area contributed by atoms with Crippen LogP contribution in [0.1, 0.15) is 5.56 Å². The quantitative estimate of drug-likeness (QED) is 0.831. The van der Waals surface area contributed by atoms with Gasteiger partial charge in [-0.3, -0.25) is 4.90 Å². The summed E-state index contributed by atoms with van der Waals surface area (Å²) in [5.41, 5.74) is 0.421. The third-order valence-electron chi connectivity index (χ3n) is 2.46. The van der Waals surface area contributed by atoms with Crippen molar-refractivity contribution in [1.82, 2.24) is 4.90 Å². The van der Waals surface area contributed by atoms with E-state index in [4.69, 9.17) is 15.1 Å². The molecule has 1 N–H and O–H groups in total. The maximum Gasteiger partial charge on any atom is 0.401 e. The zero-order chi connectivity index (χ0) is 15.0. The summed E-state index contributed by atoms with van der Waals surface area (Å²) in [4.78, 5) is 1.06. The highest BCUT2D eigenvalue weighted by Gasteiger charge is 2.30. The fourth-order valence-electron chi connectivity index (χ4n) is 1.61. The SMILES string of the molecule is N#Cc1cccc(OCCN(CCO)CC(F)(F)F)c1. The molecule has 0 saturated carbocycles. The van der Waals surface area contributed by atoms with Gasteiger partial charge in [-0.2, -0.15) is 18.4 Å². The fourth-order valence-corrected chi connectivity index (χ4v) is 1.61. The molecule has 20 heavy (non-hydrogen) atoms. The molecule has 4 nitrogen and oxygen atoms in total. The van der Waals surface area contributed by atoms with Gasteiger partial charge in [0.1, 0.15) is 12.4 Å². The summed E-state index contributed by atoms with van der Waals surface area (Å²) >= 11 is 0. The van der Waals surface area contributed by atoms with Crippen LogP contribution in [0.4, 0.5) is 13.2 Å². The Kier molecular flexibility index (Phi) is 6.28. The second-order valence-electron chi connectivity index (χ2n) is 4.10. The third-order valence-corrected chi connectivity index (χ3v) is 2.46. The van der Waals surface area contributed by atoms with Crippen LogP contribution in [-0.2, 0) is 0 Å². The molecule has 0 aromatic heterocycles. The molecule has 0 saturated heterocycles. The van der Waals surface area contributed by atoms with Crippen LogP contribution in [0.25, 0.3) is 0 Å². The average molecular weight is 288 g/mol. The molecule has 0 unspecified atom stereocenters. The topological polar surface area (TPSA) is 56.5 Å². The van der Waals surface area contributed by atoms with Crippen LogP contribution >= 0.6 is 0 Å². The molecule has 0 spiro atoms. The van der Waals surface area contributed by atoms with Gasteiger partial charge in [0.25, 0.3) is 0 Å². The van der Waals surface area contributed by atoms with E-state index in [0.29, 0.717) is 11.3 Å². The highest BCUT2D eigenvalue weighted by atomic mass is 19.4. The predicted molar refractivity (Wildman–Crippen MR) is 66.2 cm³/mol. The van der Waals surface area contributed by atoms with Gasteiger partial charge in [0.15, 0.2) is 0 Å². The lowest BCUT2D eigenvalue weighted by molar-refractivity contribution is -0.147. The lowest BCUT2D eigenvalue weighted by Gasteiger charge is -2.22. The molecule has 0 heterocycles. The standard InChI is InChI=1S/C13H15F3N2O2/c14-13(15,16)10-18(4-6-19)5-7-20-12-3-1-2-11(8-12)9-17/h1-3,8,19H,4-7,10H2. The Bertz CT molecular complexity index is 458. The molecule has 0 fully saturated rings. The number of hydrogen-bond donors (Lipinski definition) is 1. The monoisotopic (exact) mass is 288 g/mol. The van der Waals surface area contributed by atoms with E-state index in [9.17, 15) is 13.2 Å². The van der Waals surface area contributed by atoms with E-state index in [0.717, 1.165) is 4.90 Å². The Morgan fingerprint density at radius 3 is 2.65 bits per heavy atom. The molecule has 0 atom stereocenters. The van der Waals surface area contributed by atoms with Crippen molar-refractivity contribution in [2.45, 2.75) is 6.18 Å². The van der Waals surface area contributed by atoms with Crippen molar-refractivity contribution >= 4 is 0 Å². The van der Waals surface area contributed by atoms with E-state index in [1.165, 1.54) is 6.07 Å². The van der Waals surface area contributed by atoms with Crippen molar-refractivity contribution < 1.29 is 23.0 Å². The minimum atomic E-state index is -4.31. The molecule has 0 radical (unpaired) electrons. The van der Waals surface area contributed by atoms with Gasteiger partial charge in [-0.05, 0) is 18.2 Å². The maximum absolute atomic E-state index is 12.3. The molecule has 0 aliphatic carbocycles. The Hall–Kier alpha value is -1.78. The van der Waals surface area contributed by atoms with Gasteiger partial charge in [-0.25, -0.2) is 0 Å². The first kappa shape index (κ1) is 16.3. The molecule has 0 amide bonds. The molecular weight excluding hydrogens is 273 g/mol. The van der Waals surface area contributed by atoms with Crippen LogP contribution < -0.4 is 4.74 Å². The number of alkyl halides is 3. The van der Waals surface area contributed by atoms with E-state index < -0.39 is 12.7 Å². The summed E-state index contributed by atoms with van der Waals surface area (Å²) in [6.07, 6.45) is -4.31. The van der Waals surface area contributed by atoms with Crippen LogP contribution in [0, 0.1) is 11.3 Å². The molecule has 7 heteroatoms. The van der Waals surface area contributed by atoms with E-state index in [-0.39, 0.29) is 26.3 Å². The Labute approximate surface area is 115 Å². The Morgan fingerprint density at radius 1 is 1.30 bits per heavy atom. The highest BCUT2D eigenvalue weighted by Crippen LogP contribution is 2.16. The van der Waals surface area contributed by atoms with Crippen molar-refractivity contribution in [3.63, 3.8) is 0 Å². The number of halogens is 3. The zero-order valence-corrected chi connectivity index (χ0v) is 10.7.